The predicted molar refractivity (Wildman–Crippen MR) is 75.8 cm³/mol. The molecule has 0 atom stereocenters. The molecule has 1 aliphatic rings. The molecule has 1 saturated heterocycles. The molecule has 0 saturated carbocycles. The minimum absolute atomic E-state index is 0.129. The topological polar surface area (TPSA) is 26.8 Å². The predicted octanol–water partition coefficient (Wildman–Crippen LogP) is 2.11. The van der Waals surface area contributed by atoms with Crippen molar-refractivity contribution >= 4 is 6.03 Å². The van der Waals surface area contributed by atoms with Crippen LogP contribution < -0.4 is 0 Å². The summed E-state index contributed by atoms with van der Waals surface area (Å²) in [7, 11) is 3.63. The van der Waals surface area contributed by atoms with Gasteiger partial charge in [-0.15, -0.1) is 0 Å². The number of hydrogen-bond acceptors (Lipinski definition) is 2. The second kappa shape index (κ2) is 7.62. The minimum atomic E-state index is 0.129. The Balaban J connectivity index is 2.21. The maximum atomic E-state index is 11.8. The Morgan fingerprint density at radius 3 is 2.39 bits per heavy atom. The molecule has 0 spiro atoms. The second-order valence-electron chi connectivity index (χ2n) is 5.63. The van der Waals surface area contributed by atoms with E-state index in [0.717, 1.165) is 32.0 Å². The van der Waals surface area contributed by atoms with Crippen LogP contribution in [0.2, 0.25) is 0 Å². The van der Waals surface area contributed by atoms with Gasteiger partial charge in [0, 0.05) is 27.2 Å². The average molecular weight is 255 g/mol. The SMILES string of the molecule is CCN(CCCN1CCC(C)CC1)C(=O)N(C)C. The Morgan fingerprint density at radius 1 is 1.28 bits per heavy atom. The van der Waals surface area contributed by atoms with Crippen molar-refractivity contribution in [2.75, 3.05) is 46.8 Å². The van der Waals surface area contributed by atoms with Crippen LogP contribution in [0, 0.1) is 5.92 Å². The molecule has 0 unspecified atom stereocenters. The number of amides is 2. The van der Waals surface area contributed by atoms with Gasteiger partial charge in [-0.1, -0.05) is 6.92 Å². The molecule has 1 rings (SSSR count). The molecule has 0 aromatic heterocycles. The van der Waals surface area contributed by atoms with Gasteiger partial charge in [-0.2, -0.15) is 0 Å². The molecule has 18 heavy (non-hydrogen) atoms. The van der Waals surface area contributed by atoms with Gasteiger partial charge in [-0.3, -0.25) is 0 Å². The third-order valence-corrected chi connectivity index (χ3v) is 3.81. The molecule has 106 valence electrons. The van der Waals surface area contributed by atoms with Gasteiger partial charge in [-0.25, -0.2) is 4.79 Å². The van der Waals surface area contributed by atoms with Crippen molar-refractivity contribution in [1.82, 2.24) is 14.7 Å². The molecule has 0 aliphatic carbocycles. The number of carbonyl (C=O) groups is 1. The Labute approximate surface area is 112 Å². The van der Waals surface area contributed by atoms with Crippen molar-refractivity contribution in [2.24, 2.45) is 5.92 Å². The van der Waals surface area contributed by atoms with E-state index in [1.807, 2.05) is 25.9 Å². The van der Waals surface area contributed by atoms with E-state index in [-0.39, 0.29) is 6.03 Å². The maximum Gasteiger partial charge on any atom is 0.319 e. The summed E-state index contributed by atoms with van der Waals surface area (Å²) in [6.07, 6.45) is 3.74. The van der Waals surface area contributed by atoms with E-state index in [9.17, 15) is 4.79 Å². The van der Waals surface area contributed by atoms with Crippen LogP contribution in [0.5, 0.6) is 0 Å². The molecule has 4 heteroatoms. The monoisotopic (exact) mass is 255 g/mol. The summed E-state index contributed by atoms with van der Waals surface area (Å²) >= 11 is 0. The van der Waals surface area contributed by atoms with Crippen molar-refractivity contribution in [2.45, 2.75) is 33.1 Å². The smallest absolute Gasteiger partial charge is 0.319 e. The Hall–Kier alpha value is -0.770. The first kappa shape index (κ1) is 15.3. The number of urea groups is 1. The van der Waals surface area contributed by atoms with Crippen LogP contribution in [0.25, 0.3) is 0 Å². The lowest BCUT2D eigenvalue weighted by atomic mass is 9.99. The van der Waals surface area contributed by atoms with E-state index in [1.165, 1.54) is 25.9 Å². The van der Waals surface area contributed by atoms with Crippen LogP contribution in [0.3, 0.4) is 0 Å². The zero-order valence-corrected chi connectivity index (χ0v) is 12.5. The largest absolute Gasteiger partial charge is 0.331 e. The summed E-state index contributed by atoms with van der Waals surface area (Å²) in [5, 5.41) is 0. The molecule has 0 aromatic rings. The first-order valence-electron chi connectivity index (χ1n) is 7.23. The van der Waals surface area contributed by atoms with Gasteiger partial charge in [0.05, 0.1) is 0 Å². The molecule has 1 aliphatic heterocycles. The van der Waals surface area contributed by atoms with Crippen molar-refractivity contribution < 1.29 is 4.79 Å². The van der Waals surface area contributed by atoms with Crippen LogP contribution in [-0.2, 0) is 0 Å². The number of rotatable bonds is 5. The van der Waals surface area contributed by atoms with Crippen LogP contribution in [-0.4, -0.2) is 67.5 Å². The van der Waals surface area contributed by atoms with Crippen molar-refractivity contribution in [3.8, 4) is 0 Å². The normalized spacial score (nSPS) is 17.8. The van der Waals surface area contributed by atoms with E-state index < -0.39 is 0 Å². The summed E-state index contributed by atoms with van der Waals surface area (Å²) in [6.45, 7) is 9.65. The Bertz CT molecular complexity index is 247. The average Bonchev–Trinajstić information content (AvgIpc) is 2.36. The van der Waals surface area contributed by atoms with Gasteiger partial charge >= 0.3 is 6.03 Å². The molecular formula is C14H29N3O. The molecular weight excluding hydrogens is 226 g/mol. The molecule has 0 N–H and O–H groups in total. The highest BCUT2D eigenvalue weighted by molar-refractivity contribution is 5.73. The van der Waals surface area contributed by atoms with Crippen LogP contribution in [0.15, 0.2) is 0 Å². The Kier molecular flexibility index (Phi) is 6.47. The van der Waals surface area contributed by atoms with E-state index in [2.05, 4.69) is 11.8 Å². The summed E-state index contributed by atoms with van der Waals surface area (Å²) < 4.78 is 0. The van der Waals surface area contributed by atoms with Gasteiger partial charge in [0.1, 0.15) is 0 Å². The fourth-order valence-electron chi connectivity index (χ4n) is 2.44. The molecule has 0 aromatic carbocycles. The zero-order chi connectivity index (χ0) is 13.5. The van der Waals surface area contributed by atoms with E-state index >= 15 is 0 Å². The molecule has 2 amide bonds. The van der Waals surface area contributed by atoms with E-state index in [1.54, 1.807) is 4.90 Å². The lowest BCUT2D eigenvalue weighted by Gasteiger charge is -2.31. The van der Waals surface area contributed by atoms with E-state index in [4.69, 9.17) is 0 Å². The van der Waals surface area contributed by atoms with Gasteiger partial charge in [0.25, 0.3) is 0 Å². The van der Waals surface area contributed by atoms with Gasteiger partial charge in [0.15, 0.2) is 0 Å². The number of piperidine rings is 1. The molecule has 1 heterocycles. The number of likely N-dealkylation sites (tertiary alicyclic amines) is 1. The number of hydrogen-bond donors (Lipinski definition) is 0. The number of carbonyl (C=O) groups excluding carboxylic acids is 1. The fraction of sp³-hybridized carbons (Fsp3) is 0.929. The molecule has 1 fully saturated rings. The molecule has 4 nitrogen and oxygen atoms in total. The number of nitrogens with zero attached hydrogens (tertiary/aromatic N) is 3. The van der Waals surface area contributed by atoms with E-state index in [0.29, 0.717) is 0 Å². The first-order valence-corrected chi connectivity index (χ1v) is 7.23. The standard InChI is InChI=1S/C14H29N3O/c1-5-17(14(18)15(3)4)10-6-9-16-11-7-13(2)8-12-16/h13H,5-12H2,1-4H3. The summed E-state index contributed by atoms with van der Waals surface area (Å²) in [4.78, 5) is 18.0. The summed E-state index contributed by atoms with van der Waals surface area (Å²) in [5.74, 6) is 0.892. The zero-order valence-electron chi connectivity index (χ0n) is 12.5. The highest BCUT2D eigenvalue weighted by Crippen LogP contribution is 2.15. The lowest BCUT2D eigenvalue weighted by Crippen LogP contribution is -2.41. The minimum Gasteiger partial charge on any atom is -0.331 e. The highest BCUT2D eigenvalue weighted by Gasteiger charge is 2.17. The third-order valence-electron chi connectivity index (χ3n) is 3.81. The maximum absolute atomic E-state index is 11.8. The third kappa shape index (κ3) is 4.84. The quantitative estimate of drug-likeness (QED) is 0.752. The van der Waals surface area contributed by atoms with Crippen molar-refractivity contribution in [3.63, 3.8) is 0 Å². The van der Waals surface area contributed by atoms with Gasteiger partial charge in [0.2, 0.25) is 0 Å². The fourth-order valence-corrected chi connectivity index (χ4v) is 2.44. The summed E-state index contributed by atoms with van der Waals surface area (Å²) in [6, 6.07) is 0.129. The van der Waals surface area contributed by atoms with Gasteiger partial charge in [-0.05, 0) is 51.7 Å². The second-order valence-corrected chi connectivity index (χ2v) is 5.63. The van der Waals surface area contributed by atoms with Crippen molar-refractivity contribution in [3.05, 3.63) is 0 Å². The van der Waals surface area contributed by atoms with Crippen LogP contribution in [0.1, 0.15) is 33.1 Å². The van der Waals surface area contributed by atoms with Gasteiger partial charge < -0.3 is 14.7 Å². The van der Waals surface area contributed by atoms with Crippen molar-refractivity contribution in [1.29, 1.82) is 0 Å². The molecule has 0 bridgehead atoms. The Morgan fingerprint density at radius 2 is 1.89 bits per heavy atom. The van der Waals surface area contributed by atoms with Crippen LogP contribution >= 0.6 is 0 Å². The summed E-state index contributed by atoms with van der Waals surface area (Å²) in [5.41, 5.74) is 0. The lowest BCUT2D eigenvalue weighted by molar-refractivity contribution is 0.160. The first-order chi connectivity index (χ1) is 8.54. The highest BCUT2D eigenvalue weighted by atomic mass is 16.2. The molecule has 0 radical (unpaired) electrons. The van der Waals surface area contributed by atoms with Crippen LogP contribution in [0.4, 0.5) is 4.79 Å².